The van der Waals surface area contributed by atoms with Crippen LogP contribution in [0.5, 0.6) is 0 Å². The molecule has 2 heterocycles. The molecule has 0 aromatic carbocycles. The van der Waals surface area contributed by atoms with Gasteiger partial charge in [0.05, 0.1) is 24.7 Å². The Labute approximate surface area is 172 Å². The third-order valence-corrected chi connectivity index (χ3v) is 6.21. The van der Waals surface area contributed by atoms with Crippen molar-refractivity contribution >= 4 is 34.4 Å². The molecule has 1 atom stereocenters. The lowest BCUT2D eigenvalue weighted by atomic mass is 9.88. The summed E-state index contributed by atoms with van der Waals surface area (Å²) in [4.78, 5) is 25.0. The van der Waals surface area contributed by atoms with Crippen LogP contribution < -0.4 is 10.6 Å². The fraction of sp³-hybridized carbons (Fsp3) is 0.381. The Bertz CT molecular complexity index is 967. The van der Waals surface area contributed by atoms with Gasteiger partial charge in [-0.05, 0) is 55.7 Å². The maximum absolute atomic E-state index is 12.2. The lowest BCUT2D eigenvalue weighted by molar-refractivity contribution is -0.111. The number of hydrogen-bond acceptors (Lipinski definition) is 6. The highest BCUT2D eigenvalue weighted by atomic mass is 32.1. The lowest BCUT2D eigenvalue weighted by Crippen LogP contribution is -2.29. The number of anilines is 1. The largest absolute Gasteiger partial charge is 0.472 e. The van der Waals surface area contributed by atoms with Crippen LogP contribution in [0.1, 0.15) is 40.8 Å². The lowest BCUT2D eigenvalue weighted by Gasteiger charge is -2.21. The number of nitriles is 1. The van der Waals surface area contributed by atoms with E-state index in [-0.39, 0.29) is 24.0 Å². The summed E-state index contributed by atoms with van der Waals surface area (Å²) in [5.74, 6) is -0.0693. The van der Waals surface area contributed by atoms with E-state index in [9.17, 15) is 14.9 Å². The van der Waals surface area contributed by atoms with E-state index in [2.05, 4.69) is 16.7 Å². The Morgan fingerprint density at radius 1 is 1.38 bits per heavy atom. The van der Waals surface area contributed by atoms with Crippen LogP contribution in [0, 0.1) is 17.2 Å². The number of nitrogens with one attached hydrogen (secondary N) is 2. The minimum Gasteiger partial charge on any atom is -0.472 e. The van der Waals surface area contributed by atoms with Gasteiger partial charge >= 0.3 is 6.09 Å². The second-order valence-corrected chi connectivity index (χ2v) is 8.43. The Morgan fingerprint density at radius 3 is 2.97 bits per heavy atom. The van der Waals surface area contributed by atoms with E-state index in [0.717, 1.165) is 48.1 Å². The van der Waals surface area contributed by atoms with Gasteiger partial charge in [0.2, 0.25) is 5.91 Å². The van der Waals surface area contributed by atoms with Gasteiger partial charge in [-0.3, -0.25) is 4.79 Å². The van der Waals surface area contributed by atoms with Crippen LogP contribution in [0.4, 0.5) is 9.80 Å². The molecule has 2 aromatic rings. The van der Waals surface area contributed by atoms with Crippen LogP contribution >= 0.6 is 11.3 Å². The first-order valence-electron chi connectivity index (χ1n) is 9.61. The fourth-order valence-corrected chi connectivity index (χ4v) is 4.64. The molecule has 2 aliphatic carbocycles. The first-order valence-corrected chi connectivity index (χ1v) is 10.4. The molecule has 2 N–H and O–H groups in total. The summed E-state index contributed by atoms with van der Waals surface area (Å²) in [6.07, 6.45) is 10.2. The Hall–Kier alpha value is -3.05. The maximum atomic E-state index is 12.2. The zero-order valence-electron chi connectivity index (χ0n) is 15.8. The van der Waals surface area contributed by atoms with E-state index in [4.69, 9.17) is 9.15 Å². The number of fused-ring (bicyclic) bond motifs is 1. The predicted molar refractivity (Wildman–Crippen MR) is 108 cm³/mol. The summed E-state index contributed by atoms with van der Waals surface area (Å²) in [7, 11) is 0. The Morgan fingerprint density at radius 2 is 2.24 bits per heavy atom. The van der Waals surface area contributed by atoms with E-state index < -0.39 is 0 Å². The molecule has 4 rings (SSSR count). The topological polar surface area (TPSA) is 104 Å². The number of furan rings is 1. The summed E-state index contributed by atoms with van der Waals surface area (Å²) in [6, 6.07) is 4.27. The minimum absolute atomic E-state index is 0.224. The van der Waals surface area contributed by atoms with Gasteiger partial charge in [0, 0.05) is 22.6 Å². The molecule has 7 nitrogen and oxygen atoms in total. The third-order valence-electron chi connectivity index (χ3n) is 5.04. The molecule has 150 valence electrons. The molecule has 1 saturated carbocycles. The van der Waals surface area contributed by atoms with E-state index in [1.165, 1.54) is 23.7 Å². The number of nitrogens with zero attached hydrogens (tertiary/aromatic N) is 1. The van der Waals surface area contributed by atoms with Gasteiger partial charge in [-0.15, -0.1) is 11.3 Å². The maximum Gasteiger partial charge on any atom is 0.407 e. The number of carbonyl (C=O) groups is 2. The normalized spacial score (nSPS) is 18.1. The molecule has 0 saturated heterocycles. The molecule has 0 bridgehead atoms. The number of hydrogen-bond donors (Lipinski definition) is 2. The quantitative estimate of drug-likeness (QED) is 0.703. The Kier molecular flexibility index (Phi) is 5.67. The van der Waals surface area contributed by atoms with Gasteiger partial charge in [-0.1, -0.05) is 0 Å². The molecular weight excluding hydrogens is 390 g/mol. The van der Waals surface area contributed by atoms with Gasteiger partial charge < -0.3 is 19.8 Å². The molecule has 2 amide bonds. The molecule has 2 aromatic heterocycles. The smallest absolute Gasteiger partial charge is 0.407 e. The third kappa shape index (κ3) is 4.87. The fourth-order valence-electron chi connectivity index (χ4n) is 3.33. The van der Waals surface area contributed by atoms with Crippen molar-refractivity contribution in [3.63, 3.8) is 0 Å². The van der Waals surface area contributed by atoms with Gasteiger partial charge in [-0.2, -0.15) is 5.26 Å². The monoisotopic (exact) mass is 411 g/mol. The highest BCUT2D eigenvalue weighted by Gasteiger charge is 2.28. The zero-order chi connectivity index (χ0) is 20.2. The van der Waals surface area contributed by atoms with Crippen molar-refractivity contribution in [1.82, 2.24) is 5.32 Å². The molecule has 8 heteroatoms. The minimum atomic E-state index is -0.348. The van der Waals surface area contributed by atoms with Crippen LogP contribution in [-0.4, -0.2) is 24.6 Å². The Balaban J connectivity index is 1.37. The first-order chi connectivity index (χ1) is 14.1. The van der Waals surface area contributed by atoms with Crippen molar-refractivity contribution in [3.8, 4) is 6.07 Å². The number of rotatable bonds is 6. The zero-order valence-corrected chi connectivity index (χ0v) is 16.6. The highest BCUT2D eigenvalue weighted by molar-refractivity contribution is 7.16. The molecule has 2 aliphatic rings. The van der Waals surface area contributed by atoms with Gasteiger partial charge in [0.25, 0.3) is 0 Å². The highest BCUT2D eigenvalue weighted by Crippen LogP contribution is 2.39. The van der Waals surface area contributed by atoms with Crippen LogP contribution in [0.3, 0.4) is 0 Å². The summed E-state index contributed by atoms with van der Waals surface area (Å²) in [6.45, 7) is 0.368. The SMILES string of the molecule is N#Cc1c(NC(=O)/C=C/c2ccoc2)sc2c1CCC(COC(=O)NC1CC1)C2. The molecular formula is C21H21N3O4S. The summed E-state index contributed by atoms with van der Waals surface area (Å²) < 4.78 is 10.3. The standard InChI is InChI=1S/C21H21N3O4S/c22-10-17-16-5-1-14(12-28-21(26)23-15-3-4-15)9-18(16)29-20(17)24-19(25)6-2-13-7-8-27-11-13/h2,6-8,11,14-15H,1,3-5,9,12H2,(H,23,26)(H,24,25)/b6-2+. The van der Waals surface area contributed by atoms with Gasteiger partial charge in [0.15, 0.2) is 0 Å². The molecule has 0 radical (unpaired) electrons. The molecule has 0 aliphatic heterocycles. The van der Waals surface area contributed by atoms with Crippen molar-refractivity contribution in [1.29, 1.82) is 5.26 Å². The van der Waals surface area contributed by atoms with E-state index in [1.807, 2.05) is 0 Å². The molecule has 29 heavy (non-hydrogen) atoms. The second kappa shape index (κ2) is 8.53. The number of carbonyl (C=O) groups excluding carboxylic acids is 2. The van der Waals surface area contributed by atoms with Gasteiger partial charge in [-0.25, -0.2) is 4.79 Å². The van der Waals surface area contributed by atoms with E-state index in [0.29, 0.717) is 17.2 Å². The summed E-state index contributed by atoms with van der Waals surface area (Å²) in [5.41, 5.74) is 2.34. The van der Waals surface area contributed by atoms with E-state index >= 15 is 0 Å². The van der Waals surface area contributed by atoms with Crippen molar-refractivity contribution in [2.45, 2.75) is 38.1 Å². The number of ether oxygens (including phenoxy) is 1. The van der Waals surface area contributed by atoms with Crippen LogP contribution in [0.15, 0.2) is 29.1 Å². The van der Waals surface area contributed by atoms with Crippen molar-refractivity contribution in [2.24, 2.45) is 5.92 Å². The molecule has 1 unspecified atom stereocenters. The summed E-state index contributed by atoms with van der Waals surface area (Å²) >= 11 is 1.43. The predicted octanol–water partition coefficient (Wildman–Crippen LogP) is 3.86. The van der Waals surface area contributed by atoms with Crippen molar-refractivity contribution in [2.75, 3.05) is 11.9 Å². The number of alkyl carbamates (subject to hydrolysis) is 1. The number of thiophene rings is 1. The average molecular weight is 411 g/mol. The van der Waals surface area contributed by atoms with Crippen LogP contribution in [-0.2, 0) is 22.4 Å². The van der Waals surface area contributed by atoms with Gasteiger partial charge in [0.1, 0.15) is 11.1 Å². The number of amides is 2. The summed E-state index contributed by atoms with van der Waals surface area (Å²) in [5, 5.41) is 15.8. The second-order valence-electron chi connectivity index (χ2n) is 7.32. The van der Waals surface area contributed by atoms with Crippen LogP contribution in [0.2, 0.25) is 0 Å². The molecule has 1 fully saturated rings. The molecule has 0 spiro atoms. The van der Waals surface area contributed by atoms with Crippen molar-refractivity contribution < 1.29 is 18.7 Å². The average Bonchev–Trinajstić information content (AvgIpc) is 3.24. The van der Waals surface area contributed by atoms with E-state index in [1.54, 1.807) is 18.4 Å². The first kappa shape index (κ1) is 19.3. The van der Waals surface area contributed by atoms with Crippen molar-refractivity contribution in [3.05, 3.63) is 46.2 Å². The van der Waals surface area contributed by atoms with Crippen LogP contribution in [0.25, 0.3) is 6.08 Å².